The lowest BCUT2D eigenvalue weighted by molar-refractivity contribution is -0.156. The zero-order valence-corrected chi connectivity index (χ0v) is 17.2. The molecule has 28 heavy (non-hydrogen) atoms. The average Bonchev–Trinajstić information content (AvgIpc) is 3.58. The summed E-state index contributed by atoms with van der Waals surface area (Å²) >= 11 is 0. The lowest BCUT2D eigenvalue weighted by atomic mass is 10.0. The topological polar surface area (TPSA) is 140 Å². The SMILES string of the molecule is C1CO1.CCCCCCCCCCCC(=O)OC[C@H](O)[C@@H](O)[C@H](O)[C@H](O)CO. The number of rotatable bonds is 16. The molecule has 0 unspecified atom stereocenters. The summed E-state index contributed by atoms with van der Waals surface area (Å²) in [5.74, 6) is -0.466. The van der Waals surface area contributed by atoms with E-state index in [4.69, 9.17) is 9.84 Å². The van der Waals surface area contributed by atoms with Crippen LogP contribution in [-0.2, 0) is 14.3 Å². The van der Waals surface area contributed by atoms with E-state index >= 15 is 0 Å². The molecule has 1 heterocycles. The van der Waals surface area contributed by atoms with Crippen molar-refractivity contribution in [2.24, 2.45) is 0 Å². The maximum absolute atomic E-state index is 11.6. The van der Waals surface area contributed by atoms with Gasteiger partial charge in [0.2, 0.25) is 0 Å². The molecule has 0 amide bonds. The number of carbonyl (C=O) groups is 1. The van der Waals surface area contributed by atoms with E-state index in [1.807, 2.05) is 0 Å². The summed E-state index contributed by atoms with van der Waals surface area (Å²) < 4.78 is 9.36. The van der Waals surface area contributed by atoms with E-state index in [0.717, 1.165) is 32.5 Å². The number of ether oxygens (including phenoxy) is 2. The molecule has 8 nitrogen and oxygen atoms in total. The van der Waals surface area contributed by atoms with Gasteiger partial charge in [0, 0.05) is 6.42 Å². The predicted octanol–water partition coefficient (Wildman–Crippen LogP) is 0.903. The van der Waals surface area contributed by atoms with Crippen molar-refractivity contribution in [1.82, 2.24) is 0 Å². The fourth-order valence-electron chi connectivity index (χ4n) is 2.49. The van der Waals surface area contributed by atoms with Crippen LogP contribution in [0, 0.1) is 0 Å². The zero-order chi connectivity index (χ0) is 21.2. The molecule has 168 valence electrons. The van der Waals surface area contributed by atoms with Crippen molar-refractivity contribution >= 4 is 5.97 Å². The number of aliphatic hydroxyl groups is 5. The van der Waals surface area contributed by atoms with Crippen molar-refractivity contribution in [2.45, 2.75) is 95.5 Å². The molecule has 5 N–H and O–H groups in total. The molecule has 8 heteroatoms. The van der Waals surface area contributed by atoms with E-state index in [-0.39, 0.29) is 6.42 Å². The highest BCUT2D eigenvalue weighted by atomic mass is 16.6. The van der Waals surface area contributed by atoms with Crippen molar-refractivity contribution in [3.63, 3.8) is 0 Å². The highest BCUT2D eigenvalue weighted by molar-refractivity contribution is 5.69. The van der Waals surface area contributed by atoms with Gasteiger partial charge in [-0.3, -0.25) is 4.79 Å². The first-order chi connectivity index (χ1) is 13.4. The lowest BCUT2D eigenvalue weighted by Gasteiger charge is -2.25. The zero-order valence-electron chi connectivity index (χ0n) is 17.2. The van der Waals surface area contributed by atoms with Gasteiger partial charge >= 0.3 is 5.97 Å². The molecule has 0 aliphatic carbocycles. The molecule has 1 fully saturated rings. The van der Waals surface area contributed by atoms with E-state index in [1.54, 1.807) is 0 Å². The summed E-state index contributed by atoms with van der Waals surface area (Å²) in [6.07, 6.45) is 4.01. The van der Waals surface area contributed by atoms with E-state index < -0.39 is 43.6 Å². The molecule has 0 aromatic heterocycles. The Bertz CT molecular complexity index is 361. The van der Waals surface area contributed by atoms with Crippen molar-refractivity contribution in [1.29, 1.82) is 0 Å². The standard InChI is InChI=1S/C18H36O7.C2H4O/c1-2-3-4-5-6-7-8-9-10-11-16(22)25-13-15(21)18(24)17(23)14(20)12-19;1-2-3-1/h14-15,17-21,23-24H,2-13H2,1H3;1-2H2/t14-,15+,17-,18-;/m1./s1. The van der Waals surface area contributed by atoms with Gasteiger partial charge in [-0.15, -0.1) is 0 Å². The minimum atomic E-state index is -1.71. The minimum Gasteiger partial charge on any atom is -0.463 e. The van der Waals surface area contributed by atoms with E-state index in [0.29, 0.717) is 0 Å². The van der Waals surface area contributed by atoms with Gasteiger partial charge in [0.15, 0.2) is 0 Å². The van der Waals surface area contributed by atoms with Gasteiger partial charge in [-0.1, -0.05) is 58.3 Å². The molecule has 0 bridgehead atoms. The molecular formula is C20H40O8. The second-order valence-electron chi connectivity index (χ2n) is 7.17. The first-order valence-corrected chi connectivity index (χ1v) is 10.5. The van der Waals surface area contributed by atoms with Crippen LogP contribution in [0.15, 0.2) is 0 Å². The fraction of sp³-hybridized carbons (Fsp3) is 0.950. The summed E-state index contributed by atoms with van der Waals surface area (Å²) in [7, 11) is 0. The normalized spacial score (nSPS) is 17.1. The Hall–Kier alpha value is -0.770. The van der Waals surface area contributed by atoms with Crippen LogP contribution in [0.25, 0.3) is 0 Å². The van der Waals surface area contributed by atoms with Gasteiger partial charge < -0.3 is 35.0 Å². The molecule has 0 radical (unpaired) electrons. The van der Waals surface area contributed by atoms with Crippen molar-refractivity contribution < 1.29 is 39.8 Å². The molecule has 1 aliphatic rings. The highest BCUT2D eigenvalue weighted by Gasteiger charge is 2.30. The predicted molar refractivity (Wildman–Crippen MR) is 105 cm³/mol. The van der Waals surface area contributed by atoms with Crippen molar-refractivity contribution in [3.05, 3.63) is 0 Å². The molecular weight excluding hydrogens is 368 g/mol. The third kappa shape index (κ3) is 16.2. The Kier molecular flexibility index (Phi) is 17.8. The summed E-state index contributed by atoms with van der Waals surface area (Å²) in [6, 6.07) is 0. The van der Waals surface area contributed by atoms with Crippen LogP contribution in [0.1, 0.15) is 71.1 Å². The van der Waals surface area contributed by atoms with Gasteiger partial charge in [0.05, 0.1) is 19.8 Å². The summed E-state index contributed by atoms with van der Waals surface area (Å²) in [6.45, 7) is 2.98. The Morgan fingerprint density at radius 2 is 1.32 bits per heavy atom. The number of unbranched alkanes of at least 4 members (excludes halogenated alkanes) is 8. The summed E-state index contributed by atoms with van der Waals surface area (Å²) in [5.41, 5.74) is 0. The minimum absolute atomic E-state index is 0.250. The second-order valence-corrected chi connectivity index (χ2v) is 7.17. The largest absolute Gasteiger partial charge is 0.463 e. The third-order valence-corrected chi connectivity index (χ3v) is 4.43. The summed E-state index contributed by atoms with van der Waals surface area (Å²) in [4.78, 5) is 11.6. The van der Waals surface area contributed by atoms with Crippen LogP contribution < -0.4 is 0 Å². The van der Waals surface area contributed by atoms with Gasteiger partial charge in [-0.05, 0) is 6.42 Å². The van der Waals surface area contributed by atoms with Crippen LogP contribution in [0.5, 0.6) is 0 Å². The summed E-state index contributed by atoms with van der Waals surface area (Å²) in [5, 5.41) is 46.5. The first-order valence-electron chi connectivity index (χ1n) is 10.5. The molecule has 1 aliphatic heterocycles. The Balaban J connectivity index is 0.00000219. The fourth-order valence-corrected chi connectivity index (χ4v) is 2.49. The number of esters is 1. The van der Waals surface area contributed by atoms with Crippen LogP contribution in [0.3, 0.4) is 0 Å². The van der Waals surface area contributed by atoms with Gasteiger partial charge in [0.1, 0.15) is 31.0 Å². The van der Waals surface area contributed by atoms with Crippen LogP contribution >= 0.6 is 0 Å². The molecule has 0 aromatic carbocycles. The van der Waals surface area contributed by atoms with Crippen LogP contribution in [-0.4, -0.2) is 82.3 Å². The molecule has 0 aromatic rings. The van der Waals surface area contributed by atoms with E-state index in [1.165, 1.54) is 38.5 Å². The second kappa shape index (κ2) is 18.3. The number of aliphatic hydroxyl groups excluding tert-OH is 5. The van der Waals surface area contributed by atoms with Crippen molar-refractivity contribution in [3.8, 4) is 0 Å². The molecule has 0 spiro atoms. The first kappa shape index (κ1) is 27.2. The average molecular weight is 409 g/mol. The molecule has 1 saturated heterocycles. The van der Waals surface area contributed by atoms with E-state index in [9.17, 15) is 25.2 Å². The molecule has 0 saturated carbocycles. The Labute approximate surface area is 168 Å². The number of epoxide rings is 1. The van der Waals surface area contributed by atoms with Gasteiger partial charge in [-0.25, -0.2) is 0 Å². The third-order valence-electron chi connectivity index (χ3n) is 4.43. The molecule has 4 atom stereocenters. The lowest BCUT2D eigenvalue weighted by Crippen LogP contribution is -2.47. The van der Waals surface area contributed by atoms with Crippen LogP contribution in [0.2, 0.25) is 0 Å². The Morgan fingerprint density at radius 1 is 0.857 bits per heavy atom. The highest BCUT2D eigenvalue weighted by Crippen LogP contribution is 2.11. The smallest absolute Gasteiger partial charge is 0.305 e. The monoisotopic (exact) mass is 408 g/mol. The molecule has 1 rings (SSSR count). The maximum atomic E-state index is 11.6. The van der Waals surface area contributed by atoms with Gasteiger partial charge in [0.25, 0.3) is 0 Å². The number of carbonyl (C=O) groups excluding carboxylic acids is 1. The quantitative estimate of drug-likeness (QED) is 0.144. The number of hydrogen-bond acceptors (Lipinski definition) is 8. The Morgan fingerprint density at radius 3 is 1.79 bits per heavy atom. The van der Waals surface area contributed by atoms with E-state index in [2.05, 4.69) is 11.7 Å². The maximum Gasteiger partial charge on any atom is 0.305 e. The van der Waals surface area contributed by atoms with Crippen LogP contribution in [0.4, 0.5) is 0 Å². The van der Waals surface area contributed by atoms with Crippen molar-refractivity contribution in [2.75, 3.05) is 26.4 Å². The number of hydrogen-bond donors (Lipinski definition) is 5. The van der Waals surface area contributed by atoms with Gasteiger partial charge in [-0.2, -0.15) is 0 Å².